The smallest absolute Gasteiger partial charge is 0.338 e. The Bertz CT molecular complexity index is 1080. The van der Waals surface area contributed by atoms with Crippen LogP contribution >= 0.6 is 0 Å². The van der Waals surface area contributed by atoms with Gasteiger partial charge in [-0.25, -0.2) is 9.59 Å². The van der Waals surface area contributed by atoms with Crippen molar-refractivity contribution in [3.05, 3.63) is 64.4 Å². The Morgan fingerprint density at radius 3 is 2.48 bits per heavy atom. The van der Waals surface area contributed by atoms with Gasteiger partial charge in [0.1, 0.15) is 12.4 Å². The number of aryl methyl sites for hydroxylation is 2. The zero-order valence-electron chi connectivity index (χ0n) is 19.9. The van der Waals surface area contributed by atoms with Gasteiger partial charge in [0.15, 0.2) is 11.5 Å². The van der Waals surface area contributed by atoms with Crippen LogP contribution in [0.5, 0.6) is 17.2 Å². The average molecular weight is 455 g/mol. The van der Waals surface area contributed by atoms with E-state index in [2.05, 4.69) is 5.32 Å². The van der Waals surface area contributed by atoms with Crippen LogP contribution in [-0.2, 0) is 9.53 Å². The van der Waals surface area contributed by atoms with Crippen LogP contribution in [0.4, 0.5) is 4.79 Å². The summed E-state index contributed by atoms with van der Waals surface area (Å²) >= 11 is 0. The molecule has 1 N–H and O–H groups in total. The number of carbonyl (C=O) groups is 2. The molecule has 2 aromatic carbocycles. The number of carbonyl (C=O) groups excluding carboxylic acids is 2. The van der Waals surface area contributed by atoms with Gasteiger partial charge in [-0.3, -0.25) is 4.90 Å². The first-order valence-corrected chi connectivity index (χ1v) is 10.7. The van der Waals surface area contributed by atoms with Crippen molar-refractivity contribution in [3.8, 4) is 17.2 Å². The summed E-state index contributed by atoms with van der Waals surface area (Å²) in [7, 11) is 4.63. The number of para-hydroxylation sites is 1. The maximum atomic E-state index is 13.1. The molecule has 8 nitrogen and oxygen atoms in total. The second kappa shape index (κ2) is 10.3. The predicted molar refractivity (Wildman–Crippen MR) is 124 cm³/mol. The number of hydrogen-bond donors (Lipinski definition) is 1. The van der Waals surface area contributed by atoms with Crippen molar-refractivity contribution in [1.82, 2.24) is 10.2 Å². The van der Waals surface area contributed by atoms with Crippen LogP contribution in [0.2, 0.25) is 0 Å². The van der Waals surface area contributed by atoms with Gasteiger partial charge >= 0.3 is 12.0 Å². The third-order valence-electron chi connectivity index (χ3n) is 5.67. The van der Waals surface area contributed by atoms with Crippen molar-refractivity contribution in [1.29, 1.82) is 0 Å². The lowest BCUT2D eigenvalue weighted by atomic mass is 9.93. The molecule has 2 aromatic rings. The zero-order valence-corrected chi connectivity index (χ0v) is 19.9. The summed E-state index contributed by atoms with van der Waals surface area (Å²) in [4.78, 5) is 27.4. The highest BCUT2D eigenvalue weighted by atomic mass is 16.5. The van der Waals surface area contributed by atoms with Crippen LogP contribution in [0, 0.1) is 13.8 Å². The summed E-state index contributed by atoms with van der Waals surface area (Å²) in [6.45, 7) is 5.94. The van der Waals surface area contributed by atoms with Gasteiger partial charge in [0.25, 0.3) is 0 Å². The molecule has 0 saturated carbocycles. The Morgan fingerprint density at radius 2 is 1.85 bits per heavy atom. The molecule has 3 rings (SSSR count). The number of methoxy groups -OCH3 is 2. The van der Waals surface area contributed by atoms with Gasteiger partial charge in [-0.2, -0.15) is 0 Å². The highest BCUT2D eigenvalue weighted by Gasteiger charge is 2.38. The second-order valence-electron chi connectivity index (χ2n) is 7.64. The minimum absolute atomic E-state index is 0.00333. The summed E-state index contributed by atoms with van der Waals surface area (Å²) in [6, 6.07) is 9.86. The Morgan fingerprint density at radius 1 is 1.09 bits per heavy atom. The van der Waals surface area contributed by atoms with Gasteiger partial charge in [0.2, 0.25) is 0 Å². The molecule has 0 bridgehead atoms. The van der Waals surface area contributed by atoms with E-state index in [9.17, 15) is 9.59 Å². The molecule has 0 aromatic heterocycles. The number of likely N-dealkylation sites (N-methyl/N-ethyl adjacent to an activating group) is 1. The molecule has 33 heavy (non-hydrogen) atoms. The average Bonchev–Trinajstić information content (AvgIpc) is 2.81. The van der Waals surface area contributed by atoms with Crippen molar-refractivity contribution in [3.63, 3.8) is 0 Å². The molecule has 176 valence electrons. The number of ether oxygens (including phenoxy) is 4. The van der Waals surface area contributed by atoms with E-state index in [0.717, 1.165) is 11.1 Å². The van der Waals surface area contributed by atoms with Gasteiger partial charge < -0.3 is 24.3 Å². The molecular weight excluding hydrogens is 424 g/mol. The van der Waals surface area contributed by atoms with E-state index < -0.39 is 12.0 Å². The van der Waals surface area contributed by atoms with Crippen molar-refractivity contribution >= 4 is 12.0 Å². The fraction of sp³-hybridized carbons (Fsp3) is 0.360. The van der Waals surface area contributed by atoms with Crippen molar-refractivity contribution in [2.24, 2.45) is 0 Å². The largest absolute Gasteiger partial charge is 0.493 e. The van der Waals surface area contributed by atoms with Crippen LogP contribution < -0.4 is 19.5 Å². The molecule has 0 aliphatic carbocycles. The number of esters is 1. The lowest BCUT2D eigenvalue weighted by Gasteiger charge is -2.35. The number of nitrogens with zero attached hydrogens (tertiary/aromatic N) is 1. The highest BCUT2D eigenvalue weighted by Crippen LogP contribution is 2.40. The molecule has 0 radical (unpaired) electrons. The molecule has 1 aliphatic heterocycles. The van der Waals surface area contributed by atoms with E-state index in [0.29, 0.717) is 28.5 Å². The van der Waals surface area contributed by atoms with E-state index in [-0.39, 0.29) is 24.8 Å². The fourth-order valence-electron chi connectivity index (χ4n) is 3.71. The Labute approximate surface area is 194 Å². The standard InChI is InChI=1S/C25H30N2O6/c1-7-32-24(28)21-19(14-33-17-12-11-15(2)16(3)13-17)27(4)25(29)26-22(21)18-9-8-10-20(30-5)23(18)31-6/h8-13,22H,7,14H2,1-6H3,(H,26,29). The first-order valence-electron chi connectivity index (χ1n) is 10.7. The summed E-state index contributed by atoms with van der Waals surface area (Å²) < 4.78 is 22.3. The highest BCUT2D eigenvalue weighted by molar-refractivity contribution is 5.95. The minimum atomic E-state index is -0.809. The van der Waals surface area contributed by atoms with Crippen molar-refractivity contribution < 1.29 is 28.5 Å². The first-order chi connectivity index (χ1) is 15.8. The molecule has 1 atom stereocenters. The molecule has 1 aliphatic rings. The molecule has 0 spiro atoms. The van der Waals surface area contributed by atoms with Gasteiger partial charge in [0, 0.05) is 12.6 Å². The number of nitrogens with one attached hydrogen (secondary N) is 1. The Hall–Kier alpha value is -3.68. The molecule has 0 saturated heterocycles. The number of urea groups is 1. The second-order valence-corrected chi connectivity index (χ2v) is 7.64. The fourth-order valence-corrected chi connectivity index (χ4v) is 3.71. The zero-order chi connectivity index (χ0) is 24.1. The van der Waals surface area contributed by atoms with Gasteiger partial charge in [-0.15, -0.1) is 0 Å². The maximum Gasteiger partial charge on any atom is 0.338 e. The van der Waals surface area contributed by atoms with Crippen LogP contribution in [0.15, 0.2) is 47.7 Å². The quantitative estimate of drug-likeness (QED) is 0.609. The molecule has 1 heterocycles. The summed E-state index contributed by atoms with van der Waals surface area (Å²) in [5.74, 6) is 1.01. The maximum absolute atomic E-state index is 13.1. The molecule has 0 fully saturated rings. The predicted octanol–water partition coefficient (Wildman–Crippen LogP) is 3.91. The van der Waals surface area contributed by atoms with E-state index in [1.54, 1.807) is 32.2 Å². The Balaban J connectivity index is 2.11. The van der Waals surface area contributed by atoms with Crippen LogP contribution in [0.1, 0.15) is 29.7 Å². The first kappa shape index (κ1) is 24.0. The number of hydrogen-bond acceptors (Lipinski definition) is 6. The normalized spacial score (nSPS) is 15.8. The van der Waals surface area contributed by atoms with Gasteiger partial charge in [0.05, 0.1) is 38.1 Å². The van der Waals surface area contributed by atoms with E-state index in [4.69, 9.17) is 18.9 Å². The van der Waals surface area contributed by atoms with Crippen molar-refractivity contribution in [2.75, 3.05) is 34.5 Å². The minimum Gasteiger partial charge on any atom is -0.493 e. The summed E-state index contributed by atoms with van der Waals surface area (Å²) in [5, 5.41) is 2.88. The van der Waals surface area contributed by atoms with Gasteiger partial charge in [-0.1, -0.05) is 18.2 Å². The van der Waals surface area contributed by atoms with E-state index in [1.165, 1.54) is 19.1 Å². The molecule has 8 heteroatoms. The summed E-state index contributed by atoms with van der Waals surface area (Å²) in [6.07, 6.45) is 0. The van der Waals surface area contributed by atoms with Crippen LogP contribution in [0.25, 0.3) is 0 Å². The number of amides is 2. The topological polar surface area (TPSA) is 86.3 Å². The summed E-state index contributed by atoms with van der Waals surface area (Å²) in [5.41, 5.74) is 3.48. The SMILES string of the molecule is CCOC(=O)C1=C(COc2ccc(C)c(C)c2)N(C)C(=O)NC1c1cccc(OC)c1OC. The third-order valence-corrected chi connectivity index (χ3v) is 5.67. The third kappa shape index (κ3) is 4.89. The lowest BCUT2D eigenvalue weighted by Crippen LogP contribution is -2.48. The Kier molecular flexibility index (Phi) is 7.48. The number of rotatable bonds is 8. The monoisotopic (exact) mass is 454 g/mol. The number of benzene rings is 2. The van der Waals surface area contributed by atoms with Crippen LogP contribution in [-0.4, -0.2) is 51.4 Å². The van der Waals surface area contributed by atoms with Gasteiger partial charge in [-0.05, 0) is 50.1 Å². The van der Waals surface area contributed by atoms with Crippen LogP contribution in [0.3, 0.4) is 0 Å². The molecule has 1 unspecified atom stereocenters. The molecular formula is C25H30N2O6. The lowest BCUT2D eigenvalue weighted by molar-refractivity contribution is -0.139. The van der Waals surface area contributed by atoms with Crippen molar-refractivity contribution in [2.45, 2.75) is 26.8 Å². The van der Waals surface area contributed by atoms with E-state index in [1.807, 2.05) is 32.0 Å². The molecule has 2 amide bonds. The van der Waals surface area contributed by atoms with E-state index >= 15 is 0 Å².